The van der Waals surface area contributed by atoms with Crippen molar-refractivity contribution < 1.29 is 13.2 Å². The van der Waals surface area contributed by atoms with E-state index < -0.39 is 15.6 Å². The third-order valence-electron chi connectivity index (χ3n) is 3.25. The molecule has 0 amide bonds. The van der Waals surface area contributed by atoms with Crippen molar-refractivity contribution in [3.8, 4) is 5.75 Å². The number of thiazole rings is 1. The van der Waals surface area contributed by atoms with Gasteiger partial charge in [0.25, 0.3) is 15.6 Å². The third kappa shape index (κ3) is 2.80. The second-order valence-corrected chi connectivity index (χ2v) is 7.27. The summed E-state index contributed by atoms with van der Waals surface area (Å²) >= 11 is 1.30. The molecule has 0 atom stereocenters. The molecule has 7 nitrogen and oxygen atoms in total. The lowest BCUT2D eigenvalue weighted by molar-refractivity contribution is 0.414. The molecule has 0 aliphatic rings. The molecule has 0 saturated carbocycles. The van der Waals surface area contributed by atoms with E-state index in [1.54, 1.807) is 18.5 Å². The van der Waals surface area contributed by atoms with Crippen LogP contribution in [-0.4, -0.2) is 24.9 Å². The number of ether oxygens (including phenoxy) is 1. The Morgan fingerprint density at radius 2 is 1.96 bits per heavy atom. The van der Waals surface area contributed by atoms with E-state index in [-0.39, 0.29) is 10.6 Å². The summed E-state index contributed by atoms with van der Waals surface area (Å²) < 4.78 is 33.5. The Bertz CT molecular complexity index is 1020. The van der Waals surface area contributed by atoms with Gasteiger partial charge in [-0.3, -0.25) is 13.9 Å². The fraction of sp³-hybridized carbons (Fsp3) is 0.143. The van der Waals surface area contributed by atoms with Crippen LogP contribution in [0.4, 0.5) is 5.69 Å². The SMILES string of the molecule is COc1ccc(S(=O)(=O)Nc2c(C)nc3sccn3c2=O)cc1. The van der Waals surface area contributed by atoms with Gasteiger partial charge in [-0.25, -0.2) is 13.4 Å². The van der Waals surface area contributed by atoms with E-state index in [1.807, 2.05) is 0 Å². The summed E-state index contributed by atoms with van der Waals surface area (Å²) in [6, 6.07) is 5.89. The lowest BCUT2D eigenvalue weighted by Gasteiger charge is -2.10. The molecule has 9 heteroatoms. The third-order valence-corrected chi connectivity index (χ3v) is 5.38. The van der Waals surface area contributed by atoms with Gasteiger partial charge in [-0.1, -0.05) is 0 Å². The van der Waals surface area contributed by atoms with Crippen LogP contribution in [0.5, 0.6) is 5.75 Å². The molecule has 3 rings (SSSR count). The van der Waals surface area contributed by atoms with Crippen LogP contribution >= 0.6 is 11.3 Å². The van der Waals surface area contributed by atoms with Crippen LogP contribution in [0.2, 0.25) is 0 Å². The quantitative estimate of drug-likeness (QED) is 0.775. The minimum atomic E-state index is -3.89. The zero-order chi connectivity index (χ0) is 16.6. The minimum Gasteiger partial charge on any atom is -0.497 e. The van der Waals surface area contributed by atoms with Crippen molar-refractivity contribution in [2.24, 2.45) is 0 Å². The van der Waals surface area contributed by atoms with Gasteiger partial charge in [0, 0.05) is 11.6 Å². The highest BCUT2D eigenvalue weighted by Gasteiger charge is 2.19. The van der Waals surface area contributed by atoms with E-state index in [0.717, 1.165) is 0 Å². The van der Waals surface area contributed by atoms with Gasteiger partial charge in [-0.2, -0.15) is 0 Å². The van der Waals surface area contributed by atoms with Crippen molar-refractivity contribution in [3.05, 3.63) is 51.9 Å². The number of methoxy groups -OCH3 is 1. The van der Waals surface area contributed by atoms with Crippen molar-refractivity contribution in [1.82, 2.24) is 9.38 Å². The van der Waals surface area contributed by atoms with Crippen LogP contribution in [0, 0.1) is 6.92 Å². The lowest BCUT2D eigenvalue weighted by atomic mass is 10.3. The first kappa shape index (κ1) is 15.5. The number of aromatic nitrogens is 2. The van der Waals surface area contributed by atoms with Gasteiger partial charge in [-0.15, -0.1) is 11.3 Å². The summed E-state index contributed by atoms with van der Waals surface area (Å²) in [5, 5.41) is 1.71. The van der Waals surface area contributed by atoms with Gasteiger partial charge < -0.3 is 4.74 Å². The molecule has 0 fully saturated rings. The van der Waals surface area contributed by atoms with E-state index >= 15 is 0 Å². The van der Waals surface area contributed by atoms with Crippen LogP contribution in [-0.2, 0) is 10.0 Å². The van der Waals surface area contributed by atoms with Crippen molar-refractivity contribution in [1.29, 1.82) is 0 Å². The molecule has 1 aromatic carbocycles. The predicted molar refractivity (Wildman–Crippen MR) is 87.9 cm³/mol. The topological polar surface area (TPSA) is 89.8 Å². The Balaban J connectivity index is 2.04. The molecule has 0 unspecified atom stereocenters. The number of aryl methyl sites for hydroxylation is 1. The average molecular weight is 351 g/mol. The van der Waals surface area contributed by atoms with Crippen molar-refractivity contribution in [3.63, 3.8) is 0 Å². The van der Waals surface area contributed by atoms with Crippen molar-refractivity contribution >= 4 is 32.0 Å². The molecule has 2 aromatic heterocycles. The molecule has 0 spiro atoms. The van der Waals surface area contributed by atoms with E-state index in [0.29, 0.717) is 16.4 Å². The molecule has 3 aromatic rings. The number of nitrogens with one attached hydrogen (secondary N) is 1. The highest BCUT2D eigenvalue weighted by atomic mass is 32.2. The van der Waals surface area contributed by atoms with Gasteiger partial charge in [0.1, 0.15) is 11.4 Å². The fourth-order valence-corrected chi connectivity index (χ4v) is 3.91. The summed E-state index contributed by atoms with van der Waals surface area (Å²) in [4.78, 5) is 17.2. The molecule has 0 aliphatic heterocycles. The predicted octanol–water partition coefficient (Wildman–Crippen LogP) is 1.87. The summed E-state index contributed by atoms with van der Waals surface area (Å²) in [6.45, 7) is 1.59. The smallest absolute Gasteiger partial charge is 0.283 e. The maximum Gasteiger partial charge on any atom is 0.283 e. The van der Waals surface area contributed by atoms with Crippen LogP contribution in [0.3, 0.4) is 0 Å². The first-order chi connectivity index (χ1) is 10.9. The normalized spacial score (nSPS) is 11.6. The first-order valence-corrected chi connectivity index (χ1v) is 8.92. The molecule has 0 aliphatic carbocycles. The maximum absolute atomic E-state index is 12.5. The molecule has 23 heavy (non-hydrogen) atoms. The molecule has 0 radical (unpaired) electrons. The molecule has 0 bridgehead atoms. The van der Waals surface area contributed by atoms with Gasteiger partial charge in [0.2, 0.25) is 0 Å². The average Bonchev–Trinajstić information content (AvgIpc) is 3.00. The van der Waals surface area contributed by atoms with Crippen LogP contribution in [0.15, 0.2) is 45.5 Å². The Morgan fingerprint density at radius 3 is 2.61 bits per heavy atom. The monoisotopic (exact) mass is 351 g/mol. The molecule has 1 N–H and O–H groups in total. The largest absolute Gasteiger partial charge is 0.497 e. The Labute approximate surface area is 136 Å². The number of benzene rings is 1. The van der Waals surface area contributed by atoms with Crippen molar-refractivity contribution in [2.45, 2.75) is 11.8 Å². The molecule has 120 valence electrons. The number of nitrogens with zero attached hydrogens (tertiary/aromatic N) is 2. The second kappa shape index (κ2) is 5.67. The van der Waals surface area contributed by atoms with Crippen LogP contribution in [0.25, 0.3) is 4.96 Å². The standard InChI is InChI=1S/C14H13N3O4S2/c1-9-12(13(18)17-7-8-22-14(17)15-9)16-23(19,20)11-5-3-10(21-2)4-6-11/h3-8,16H,1-2H3. The van der Waals surface area contributed by atoms with E-state index in [1.165, 1.54) is 47.1 Å². The summed E-state index contributed by atoms with van der Waals surface area (Å²) in [5.41, 5.74) is -0.183. The highest BCUT2D eigenvalue weighted by molar-refractivity contribution is 7.92. The van der Waals surface area contributed by atoms with Gasteiger partial charge in [-0.05, 0) is 31.2 Å². The number of fused-ring (bicyclic) bond motifs is 1. The Hall–Kier alpha value is -2.39. The number of anilines is 1. The van der Waals surface area contributed by atoms with E-state index in [9.17, 15) is 13.2 Å². The Morgan fingerprint density at radius 1 is 1.26 bits per heavy atom. The molecule has 0 saturated heterocycles. The van der Waals surface area contributed by atoms with E-state index in [4.69, 9.17) is 4.74 Å². The lowest BCUT2D eigenvalue weighted by Crippen LogP contribution is -2.24. The number of sulfonamides is 1. The highest BCUT2D eigenvalue weighted by Crippen LogP contribution is 2.19. The summed E-state index contributed by atoms with van der Waals surface area (Å²) in [6.07, 6.45) is 1.56. The summed E-state index contributed by atoms with van der Waals surface area (Å²) in [5.74, 6) is 0.543. The molecule has 2 heterocycles. The van der Waals surface area contributed by atoms with Gasteiger partial charge in [0.15, 0.2) is 4.96 Å². The molecular weight excluding hydrogens is 338 g/mol. The number of rotatable bonds is 4. The number of hydrogen-bond acceptors (Lipinski definition) is 6. The van der Waals surface area contributed by atoms with Crippen molar-refractivity contribution in [2.75, 3.05) is 11.8 Å². The zero-order valence-corrected chi connectivity index (χ0v) is 13.9. The zero-order valence-electron chi connectivity index (χ0n) is 12.3. The summed E-state index contributed by atoms with van der Waals surface area (Å²) in [7, 11) is -2.40. The van der Waals surface area contributed by atoms with Gasteiger partial charge >= 0.3 is 0 Å². The van der Waals surface area contributed by atoms with Crippen LogP contribution < -0.4 is 15.0 Å². The number of hydrogen-bond donors (Lipinski definition) is 1. The van der Waals surface area contributed by atoms with Crippen LogP contribution in [0.1, 0.15) is 5.69 Å². The maximum atomic E-state index is 12.5. The second-order valence-electron chi connectivity index (χ2n) is 4.71. The fourth-order valence-electron chi connectivity index (χ4n) is 2.05. The Kier molecular flexibility index (Phi) is 3.82. The minimum absolute atomic E-state index is 0.0347. The first-order valence-electron chi connectivity index (χ1n) is 6.56. The molecular formula is C14H13N3O4S2. The van der Waals surface area contributed by atoms with Gasteiger partial charge in [0.05, 0.1) is 17.7 Å². The van der Waals surface area contributed by atoms with E-state index in [2.05, 4.69) is 9.71 Å².